The zero-order chi connectivity index (χ0) is 18.4. The first-order valence-corrected chi connectivity index (χ1v) is 8.73. The minimum absolute atomic E-state index is 0.0857. The summed E-state index contributed by atoms with van der Waals surface area (Å²) in [6.07, 6.45) is 0. The smallest absolute Gasteiger partial charge is 0.264 e. The van der Waals surface area contributed by atoms with Gasteiger partial charge in [0, 0.05) is 13.6 Å². The molecule has 1 amide bonds. The van der Waals surface area contributed by atoms with E-state index in [1.807, 2.05) is 84.7 Å². The lowest BCUT2D eigenvalue weighted by molar-refractivity contribution is -0.121. The van der Waals surface area contributed by atoms with Crippen molar-refractivity contribution in [1.29, 1.82) is 0 Å². The number of ether oxygens (including phenoxy) is 1. The zero-order valence-corrected chi connectivity index (χ0v) is 15.3. The van der Waals surface area contributed by atoms with Gasteiger partial charge in [0.1, 0.15) is 5.75 Å². The molecule has 0 saturated carbocycles. The van der Waals surface area contributed by atoms with Crippen LogP contribution >= 0.6 is 12.2 Å². The highest BCUT2D eigenvalue weighted by Crippen LogP contribution is 2.20. The first-order valence-electron chi connectivity index (χ1n) is 8.32. The largest absolute Gasteiger partial charge is 0.484 e. The van der Waals surface area contributed by atoms with Crippen LogP contribution in [0.2, 0.25) is 0 Å². The van der Waals surface area contributed by atoms with Crippen LogP contribution in [0.25, 0.3) is 10.8 Å². The summed E-state index contributed by atoms with van der Waals surface area (Å²) in [4.78, 5) is 13.9. The molecule has 0 saturated heterocycles. The molecule has 132 valence electrons. The van der Waals surface area contributed by atoms with Crippen LogP contribution in [0.15, 0.2) is 72.8 Å². The lowest BCUT2D eigenvalue weighted by atomic mass is 10.1. The minimum atomic E-state index is -0.275. The monoisotopic (exact) mass is 364 g/mol. The van der Waals surface area contributed by atoms with Crippen molar-refractivity contribution < 1.29 is 9.53 Å². The number of fused-ring (bicyclic) bond motifs is 1. The second-order valence-electron chi connectivity index (χ2n) is 5.99. The summed E-state index contributed by atoms with van der Waals surface area (Å²) in [6, 6.07) is 23.7. The Morgan fingerprint density at radius 2 is 1.69 bits per heavy atom. The van der Waals surface area contributed by atoms with Crippen molar-refractivity contribution >= 4 is 34.0 Å². The van der Waals surface area contributed by atoms with Crippen LogP contribution in [-0.2, 0) is 11.3 Å². The van der Waals surface area contributed by atoms with Crippen LogP contribution in [0.1, 0.15) is 5.56 Å². The van der Waals surface area contributed by atoms with Gasteiger partial charge < -0.3 is 15.0 Å². The number of benzene rings is 3. The van der Waals surface area contributed by atoms with Crippen LogP contribution in [0.3, 0.4) is 0 Å². The maximum Gasteiger partial charge on any atom is 0.264 e. The number of carbonyl (C=O) groups is 1. The fourth-order valence-electron chi connectivity index (χ4n) is 2.59. The molecule has 0 aromatic heterocycles. The third-order valence-electron chi connectivity index (χ3n) is 3.95. The lowest BCUT2D eigenvalue weighted by Crippen LogP contribution is -2.42. The predicted octanol–water partition coefficient (Wildman–Crippen LogP) is 3.75. The number of carbonyl (C=O) groups excluding carboxylic acids is 1. The quantitative estimate of drug-likeness (QED) is 0.700. The van der Waals surface area contributed by atoms with Crippen LogP contribution in [0, 0.1) is 0 Å². The predicted molar refractivity (Wildman–Crippen MR) is 108 cm³/mol. The Hall–Kier alpha value is -2.92. The molecular formula is C21H20N2O2S. The normalized spacial score (nSPS) is 10.3. The van der Waals surface area contributed by atoms with Crippen molar-refractivity contribution in [3.63, 3.8) is 0 Å². The molecule has 4 nitrogen and oxygen atoms in total. The third-order valence-corrected chi connectivity index (χ3v) is 4.36. The van der Waals surface area contributed by atoms with E-state index in [-0.39, 0.29) is 12.5 Å². The average molecular weight is 364 g/mol. The Kier molecular flexibility index (Phi) is 5.81. The summed E-state index contributed by atoms with van der Waals surface area (Å²) in [5.74, 6) is 0.380. The topological polar surface area (TPSA) is 41.6 Å². The van der Waals surface area contributed by atoms with E-state index in [9.17, 15) is 4.79 Å². The summed E-state index contributed by atoms with van der Waals surface area (Å²) in [7, 11) is 1.85. The SMILES string of the molecule is CN(Cc1ccccc1)C(=S)NC(=O)COc1ccc2ccccc2c1. The highest BCUT2D eigenvalue weighted by molar-refractivity contribution is 7.80. The molecule has 0 aliphatic heterocycles. The molecule has 26 heavy (non-hydrogen) atoms. The van der Waals surface area contributed by atoms with E-state index in [4.69, 9.17) is 17.0 Å². The maximum atomic E-state index is 12.1. The van der Waals surface area contributed by atoms with E-state index in [0.29, 0.717) is 17.4 Å². The number of rotatable bonds is 5. The summed E-state index contributed by atoms with van der Waals surface area (Å²) >= 11 is 5.28. The van der Waals surface area contributed by atoms with E-state index in [1.54, 1.807) is 0 Å². The van der Waals surface area contributed by atoms with Crippen LogP contribution in [-0.4, -0.2) is 29.6 Å². The maximum absolute atomic E-state index is 12.1. The first kappa shape index (κ1) is 17.9. The summed E-state index contributed by atoms with van der Waals surface area (Å²) in [6.45, 7) is 0.545. The number of nitrogens with one attached hydrogen (secondary N) is 1. The van der Waals surface area contributed by atoms with Crippen molar-refractivity contribution in [3.05, 3.63) is 78.4 Å². The molecule has 0 bridgehead atoms. The van der Waals surface area contributed by atoms with Gasteiger partial charge in [0.2, 0.25) is 0 Å². The van der Waals surface area contributed by atoms with Crippen molar-refractivity contribution in [2.45, 2.75) is 6.54 Å². The molecule has 3 rings (SSSR count). The van der Waals surface area contributed by atoms with Gasteiger partial charge in [-0.3, -0.25) is 4.79 Å². The summed E-state index contributed by atoms with van der Waals surface area (Å²) in [5.41, 5.74) is 1.12. The Bertz CT molecular complexity index is 912. The standard InChI is InChI=1S/C21H20N2O2S/c1-23(14-16-7-3-2-4-8-16)21(26)22-20(24)15-25-19-12-11-17-9-5-6-10-18(17)13-19/h2-13H,14-15H2,1H3,(H,22,24,26). The van der Waals surface area contributed by atoms with Crippen LogP contribution < -0.4 is 10.1 Å². The van der Waals surface area contributed by atoms with Crippen molar-refractivity contribution in [1.82, 2.24) is 10.2 Å². The number of hydrogen-bond acceptors (Lipinski definition) is 3. The molecule has 1 N–H and O–H groups in total. The second-order valence-corrected chi connectivity index (χ2v) is 6.38. The fourth-order valence-corrected chi connectivity index (χ4v) is 2.76. The number of hydrogen-bond donors (Lipinski definition) is 1. The molecule has 0 radical (unpaired) electrons. The molecule has 3 aromatic carbocycles. The second kappa shape index (κ2) is 8.45. The van der Waals surface area contributed by atoms with E-state index in [1.165, 1.54) is 0 Å². The van der Waals surface area contributed by atoms with Crippen molar-refractivity contribution in [2.24, 2.45) is 0 Å². The fraction of sp³-hybridized carbons (Fsp3) is 0.143. The van der Waals surface area contributed by atoms with Gasteiger partial charge in [-0.2, -0.15) is 0 Å². The number of amides is 1. The molecule has 0 spiro atoms. The van der Waals surface area contributed by atoms with Crippen molar-refractivity contribution in [3.8, 4) is 5.75 Å². The molecule has 0 aliphatic rings. The van der Waals surface area contributed by atoms with Crippen molar-refractivity contribution in [2.75, 3.05) is 13.7 Å². The Balaban J connectivity index is 1.50. The van der Waals surface area contributed by atoms with Gasteiger partial charge in [-0.15, -0.1) is 0 Å². The van der Waals surface area contributed by atoms with Crippen LogP contribution in [0.5, 0.6) is 5.75 Å². The molecule has 0 aliphatic carbocycles. The molecule has 3 aromatic rings. The molecule has 0 fully saturated rings. The highest BCUT2D eigenvalue weighted by Gasteiger charge is 2.10. The molecule has 0 heterocycles. The summed E-state index contributed by atoms with van der Waals surface area (Å²) < 4.78 is 5.58. The van der Waals surface area contributed by atoms with Gasteiger partial charge in [0.25, 0.3) is 5.91 Å². The molecular weight excluding hydrogens is 344 g/mol. The lowest BCUT2D eigenvalue weighted by Gasteiger charge is -2.20. The molecule has 0 unspecified atom stereocenters. The van der Waals surface area contributed by atoms with Gasteiger partial charge in [0.15, 0.2) is 11.7 Å². The Labute approximate surface area is 158 Å². The van der Waals surface area contributed by atoms with Crippen LogP contribution in [0.4, 0.5) is 0 Å². The van der Waals surface area contributed by atoms with Gasteiger partial charge in [-0.05, 0) is 40.7 Å². The Morgan fingerprint density at radius 1 is 1.00 bits per heavy atom. The zero-order valence-electron chi connectivity index (χ0n) is 14.5. The highest BCUT2D eigenvalue weighted by atomic mass is 32.1. The molecule has 5 heteroatoms. The first-order chi connectivity index (χ1) is 12.6. The number of thiocarbonyl (C=S) groups is 1. The van der Waals surface area contributed by atoms with Gasteiger partial charge in [0.05, 0.1) is 0 Å². The van der Waals surface area contributed by atoms with Gasteiger partial charge in [-0.1, -0.05) is 60.7 Å². The number of nitrogens with zero attached hydrogens (tertiary/aromatic N) is 1. The van der Waals surface area contributed by atoms with Gasteiger partial charge in [-0.25, -0.2) is 0 Å². The van der Waals surface area contributed by atoms with E-state index in [0.717, 1.165) is 16.3 Å². The van der Waals surface area contributed by atoms with Gasteiger partial charge >= 0.3 is 0 Å². The minimum Gasteiger partial charge on any atom is -0.484 e. The Morgan fingerprint density at radius 3 is 2.46 bits per heavy atom. The van der Waals surface area contributed by atoms with E-state index >= 15 is 0 Å². The van der Waals surface area contributed by atoms with E-state index in [2.05, 4.69) is 5.32 Å². The third kappa shape index (κ3) is 4.80. The summed E-state index contributed by atoms with van der Waals surface area (Å²) in [5, 5.41) is 5.28. The van der Waals surface area contributed by atoms with E-state index < -0.39 is 0 Å². The average Bonchev–Trinajstić information content (AvgIpc) is 2.67. The molecule has 0 atom stereocenters.